The Morgan fingerprint density at radius 2 is 2.00 bits per heavy atom. The molecule has 0 spiro atoms. The summed E-state index contributed by atoms with van der Waals surface area (Å²) < 4.78 is 22.0. The maximum absolute atomic E-state index is 12.5. The Kier molecular flexibility index (Phi) is 3.09. The van der Waals surface area contributed by atoms with Crippen molar-refractivity contribution in [2.24, 2.45) is 16.0 Å². The van der Waals surface area contributed by atoms with Gasteiger partial charge >= 0.3 is 0 Å². The molecule has 21 heavy (non-hydrogen) atoms. The number of carbonyl (C=O) groups is 1. The fourth-order valence-electron chi connectivity index (χ4n) is 3.32. The number of fused-ring (bicyclic) bond motifs is 2. The number of hydrogen-bond donors (Lipinski definition) is 2. The van der Waals surface area contributed by atoms with Crippen LogP contribution in [0.25, 0.3) is 0 Å². The lowest BCUT2D eigenvalue weighted by molar-refractivity contribution is -0.125. The molecule has 3 N–H and O–H groups in total. The van der Waals surface area contributed by atoms with Gasteiger partial charge in [0.15, 0.2) is 0 Å². The zero-order chi connectivity index (χ0) is 15.3. The first kappa shape index (κ1) is 14.4. The van der Waals surface area contributed by atoms with Gasteiger partial charge in [0.1, 0.15) is 0 Å². The minimum Gasteiger partial charge on any atom is -0.300 e. The van der Waals surface area contributed by atoms with Crippen LogP contribution in [0.5, 0.6) is 0 Å². The number of aromatic nitrogens is 2. The fourth-order valence-corrected chi connectivity index (χ4v) is 4.64. The maximum atomic E-state index is 12.5. The van der Waals surface area contributed by atoms with Gasteiger partial charge in [-0.2, -0.15) is 0 Å². The molecule has 0 atom stereocenters. The van der Waals surface area contributed by atoms with Gasteiger partial charge in [-0.3, -0.25) is 4.79 Å². The van der Waals surface area contributed by atoms with Gasteiger partial charge in [-0.25, -0.2) is 13.6 Å². The van der Waals surface area contributed by atoms with Crippen molar-refractivity contribution in [1.29, 1.82) is 0 Å². The van der Waals surface area contributed by atoms with Gasteiger partial charge in [-0.15, -0.1) is 16.6 Å². The first-order valence-corrected chi connectivity index (χ1v) is 8.81. The van der Waals surface area contributed by atoms with Crippen LogP contribution < -0.4 is 10.5 Å². The van der Waals surface area contributed by atoms with E-state index in [2.05, 4.69) is 21.4 Å². The number of nitrogens with one attached hydrogen (secondary N) is 1. The van der Waals surface area contributed by atoms with E-state index >= 15 is 0 Å². The summed E-state index contributed by atoms with van der Waals surface area (Å²) in [6.07, 6.45) is 9.49. The van der Waals surface area contributed by atoms with E-state index in [0.29, 0.717) is 6.42 Å². The SMILES string of the molecule is C#CC12CCC(C(=O)Nc3nnc(S(N)(=O)=O)s3)(CC1)C2. The van der Waals surface area contributed by atoms with Crippen molar-refractivity contribution < 1.29 is 13.2 Å². The zero-order valence-corrected chi connectivity index (χ0v) is 12.8. The van der Waals surface area contributed by atoms with Crippen LogP contribution in [0.2, 0.25) is 0 Å². The molecule has 1 aromatic heterocycles. The van der Waals surface area contributed by atoms with Gasteiger partial charge < -0.3 is 5.32 Å². The van der Waals surface area contributed by atoms with Gasteiger partial charge in [0.05, 0.1) is 5.41 Å². The van der Waals surface area contributed by atoms with Crippen molar-refractivity contribution in [2.75, 3.05) is 5.32 Å². The van der Waals surface area contributed by atoms with Crippen LogP contribution in [0.1, 0.15) is 32.1 Å². The molecule has 1 aromatic rings. The summed E-state index contributed by atoms with van der Waals surface area (Å²) in [6.45, 7) is 0. The second-order valence-electron chi connectivity index (χ2n) is 5.75. The van der Waals surface area contributed by atoms with Crippen LogP contribution in [0, 0.1) is 23.2 Å². The van der Waals surface area contributed by atoms with E-state index in [-0.39, 0.29) is 20.8 Å². The lowest BCUT2D eigenvalue weighted by Gasteiger charge is -2.24. The van der Waals surface area contributed by atoms with E-state index in [0.717, 1.165) is 37.0 Å². The highest BCUT2D eigenvalue weighted by Crippen LogP contribution is 2.61. The molecule has 112 valence electrons. The molecule has 2 saturated carbocycles. The minimum atomic E-state index is -3.90. The molecule has 2 bridgehead atoms. The van der Waals surface area contributed by atoms with E-state index in [1.807, 2.05) is 0 Å². The first-order valence-electron chi connectivity index (χ1n) is 6.44. The number of rotatable bonds is 3. The van der Waals surface area contributed by atoms with E-state index in [1.54, 1.807) is 0 Å². The quantitative estimate of drug-likeness (QED) is 0.627. The van der Waals surface area contributed by atoms with Gasteiger partial charge in [0.25, 0.3) is 10.0 Å². The third-order valence-electron chi connectivity index (χ3n) is 4.50. The number of nitrogens with two attached hydrogens (primary N) is 1. The Balaban J connectivity index is 1.77. The van der Waals surface area contributed by atoms with Crippen molar-refractivity contribution in [2.45, 2.75) is 36.4 Å². The monoisotopic (exact) mass is 326 g/mol. The summed E-state index contributed by atoms with van der Waals surface area (Å²) in [5.74, 6) is 2.68. The number of carbonyl (C=O) groups excluding carboxylic acids is 1. The van der Waals surface area contributed by atoms with Gasteiger partial charge in [0.2, 0.25) is 15.4 Å². The number of sulfonamides is 1. The van der Waals surface area contributed by atoms with Crippen LogP contribution in [0.3, 0.4) is 0 Å². The van der Waals surface area contributed by atoms with Gasteiger partial charge in [-0.1, -0.05) is 17.3 Å². The average molecular weight is 326 g/mol. The van der Waals surface area contributed by atoms with E-state index in [4.69, 9.17) is 11.6 Å². The minimum absolute atomic E-state index is 0.142. The predicted octanol–water partition coefficient (Wildman–Crippen LogP) is 0.708. The third kappa shape index (κ3) is 2.33. The molecule has 7 nitrogen and oxygen atoms in total. The van der Waals surface area contributed by atoms with Crippen LogP contribution in [-0.2, 0) is 14.8 Å². The van der Waals surface area contributed by atoms with Gasteiger partial charge in [0, 0.05) is 5.41 Å². The Hall–Kier alpha value is -1.50. The Morgan fingerprint density at radius 3 is 2.48 bits per heavy atom. The highest BCUT2D eigenvalue weighted by molar-refractivity contribution is 7.91. The number of anilines is 1. The zero-order valence-electron chi connectivity index (χ0n) is 11.1. The van der Waals surface area contributed by atoms with E-state index in [1.165, 1.54) is 0 Å². The molecule has 0 aliphatic heterocycles. The molecular formula is C12H14N4O3S2. The number of hydrogen-bond acceptors (Lipinski definition) is 6. The maximum Gasteiger partial charge on any atom is 0.267 e. The van der Waals surface area contributed by atoms with Crippen molar-refractivity contribution in [1.82, 2.24) is 10.2 Å². The Morgan fingerprint density at radius 1 is 1.33 bits per heavy atom. The summed E-state index contributed by atoms with van der Waals surface area (Å²) in [5.41, 5.74) is -0.607. The average Bonchev–Trinajstić information content (AvgIpc) is 3.11. The molecule has 9 heteroatoms. The third-order valence-corrected chi connectivity index (χ3v) is 6.65. The number of amides is 1. The smallest absolute Gasteiger partial charge is 0.267 e. The fraction of sp³-hybridized carbons (Fsp3) is 0.583. The molecule has 2 fully saturated rings. The molecule has 2 aliphatic rings. The van der Waals surface area contributed by atoms with E-state index < -0.39 is 15.4 Å². The van der Waals surface area contributed by atoms with Crippen LogP contribution in [0.4, 0.5) is 5.13 Å². The first-order chi connectivity index (χ1) is 9.79. The summed E-state index contributed by atoms with van der Waals surface area (Å²) in [5, 5.41) is 14.9. The largest absolute Gasteiger partial charge is 0.300 e. The molecule has 3 rings (SSSR count). The Bertz CT molecular complexity index is 739. The van der Waals surface area contributed by atoms with Gasteiger partial charge in [-0.05, 0) is 32.1 Å². The molecule has 1 amide bonds. The highest BCUT2D eigenvalue weighted by atomic mass is 32.2. The molecule has 0 aromatic carbocycles. The van der Waals surface area contributed by atoms with Crippen molar-refractivity contribution >= 4 is 32.4 Å². The Labute approximate surface area is 126 Å². The summed E-state index contributed by atoms with van der Waals surface area (Å²) >= 11 is 0.747. The number of primary sulfonamides is 1. The molecule has 0 radical (unpaired) electrons. The van der Waals surface area contributed by atoms with Crippen LogP contribution >= 0.6 is 11.3 Å². The summed E-state index contributed by atoms with van der Waals surface area (Å²) in [6, 6.07) is 0. The molecule has 0 unspecified atom stereocenters. The van der Waals surface area contributed by atoms with Crippen molar-refractivity contribution in [3.8, 4) is 12.3 Å². The van der Waals surface area contributed by atoms with Crippen LogP contribution in [0.15, 0.2) is 4.34 Å². The number of terminal acetylenes is 1. The number of nitrogens with zero attached hydrogens (tertiary/aromatic N) is 2. The second-order valence-corrected chi connectivity index (χ2v) is 8.47. The van der Waals surface area contributed by atoms with E-state index in [9.17, 15) is 13.2 Å². The standard InChI is InChI=1S/C12H14N4O3S2/c1-2-11-3-5-12(7-11,6-4-11)8(17)14-9-15-16-10(20-9)21(13,18)19/h1H,3-7H2,(H2,13,18,19)(H,14,15,17). The van der Waals surface area contributed by atoms with Crippen molar-refractivity contribution in [3.05, 3.63) is 0 Å². The van der Waals surface area contributed by atoms with Crippen molar-refractivity contribution in [3.63, 3.8) is 0 Å². The lowest BCUT2D eigenvalue weighted by Crippen LogP contribution is -2.32. The summed E-state index contributed by atoms with van der Waals surface area (Å²) in [4.78, 5) is 12.5. The lowest BCUT2D eigenvalue weighted by atomic mass is 9.82. The molecular weight excluding hydrogens is 312 g/mol. The highest BCUT2D eigenvalue weighted by Gasteiger charge is 2.57. The predicted molar refractivity (Wildman–Crippen MR) is 76.7 cm³/mol. The second kappa shape index (κ2) is 4.50. The van der Waals surface area contributed by atoms with Crippen LogP contribution in [-0.4, -0.2) is 24.5 Å². The summed E-state index contributed by atoms with van der Waals surface area (Å²) in [7, 11) is -3.90. The molecule has 1 heterocycles. The molecule has 2 aliphatic carbocycles. The topological polar surface area (TPSA) is 115 Å². The normalized spacial score (nSPS) is 31.0. The molecule has 0 saturated heterocycles.